The highest BCUT2D eigenvalue weighted by atomic mass is 79.9. The van der Waals surface area contributed by atoms with Crippen molar-refractivity contribution in [2.75, 3.05) is 27.2 Å². The molecule has 0 bridgehead atoms. The number of hydrogen-bond donors (Lipinski definition) is 1. The molecule has 0 saturated carbocycles. The second-order valence-electron chi connectivity index (χ2n) is 5.95. The van der Waals surface area contributed by atoms with E-state index in [0.29, 0.717) is 12.0 Å². The summed E-state index contributed by atoms with van der Waals surface area (Å²) in [6.45, 7) is 5.81. The minimum Gasteiger partial charge on any atom is -0.493 e. The number of benzene rings is 1. The third kappa shape index (κ3) is 3.52. The van der Waals surface area contributed by atoms with Gasteiger partial charge in [0.25, 0.3) is 0 Å². The van der Waals surface area contributed by atoms with Crippen LogP contribution in [0.25, 0.3) is 0 Å². The molecule has 0 amide bonds. The van der Waals surface area contributed by atoms with Crippen LogP contribution in [0, 0.1) is 5.92 Å². The van der Waals surface area contributed by atoms with Gasteiger partial charge < -0.3 is 15.2 Å². The molecule has 1 aromatic carbocycles. The number of halogens is 1. The molecule has 4 nitrogen and oxygen atoms in total. The number of hydrogen-bond acceptors (Lipinski definition) is 4. The number of methoxy groups -OCH3 is 1. The zero-order valence-corrected chi connectivity index (χ0v) is 14.8. The van der Waals surface area contributed by atoms with Gasteiger partial charge in [0, 0.05) is 22.6 Å². The lowest BCUT2D eigenvalue weighted by atomic mass is 9.98. The van der Waals surface area contributed by atoms with Crippen LogP contribution in [0.15, 0.2) is 16.6 Å². The molecule has 0 aromatic heterocycles. The maximum atomic E-state index is 6.06. The third-order valence-corrected chi connectivity index (χ3v) is 4.67. The Kier molecular flexibility index (Phi) is 5.52. The van der Waals surface area contributed by atoms with E-state index >= 15 is 0 Å². The minimum absolute atomic E-state index is 0.101. The van der Waals surface area contributed by atoms with E-state index < -0.39 is 0 Å². The van der Waals surface area contributed by atoms with Gasteiger partial charge in [0.2, 0.25) is 0 Å². The molecule has 5 heteroatoms. The van der Waals surface area contributed by atoms with E-state index in [9.17, 15) is 0 Å². The van der Waals surface area contributed by atoms with Gasteiger partial charge in [0.1, 0.15) is 0 Å². The van der Waals surface area contributed by atoms with Gasteiger partial charge in [-0.15, -0.1) is 0 Å². The van der Waals surface area contributed by atoms with E-state index in [1.807, 2.05) is 26.0 Å². The molecule has 118 valence electrons. The van der Waals surface area contributed by atoms with Gasteiger partial charge in [-0.1, -0.05) is 15.9 Å². The predicted octanol–water partition coefficient (Wildman–Crippen LogP) is 3.20. The first kappa shape index (κ1) is 16.6. The van der Waals surface area contributed by atoms with Crippen molar-refractivity contribution < 1.29 is 9.47 Å². The summed E-state index contributed by atoms with van der Waals surface area (Å²) in [6.07, 6.45) is 1.15. The largest absolute Gasteiger partial charge is 0.493 e. The molecule has 2 N–H and O–H groups in total. The SMILES string of the molecule is COc1ccc(Br)c(C2CC(CN)CN2C)c1OC(C)C. The van der Waals surface area contributed by atoms with Crippen LogP contribution < -0.4 is 15.2 Å². The van der Waals surface area contributed by atoms with Crippen molar-refractivity contribution in [3.05, 3.63) is 22.2 Å². The molecule has 2 atom stereocenters. The summed E-state index contributed by atoms with van der Waals surface area (Å²) in [5, 5.41) is 0. The predicted molar refractivity (Wildman–Crippen MR) is 89.0 cm³/mol. The molecule has 1 aliphatic rings. The Hall–Kier alpha value is -0.780. The normalized spacial score (nSPS) is 22.8. The van der Waals surface area contributed by atoms with Crippen LogP contribution in [0.1, 0.15) is 31.9 Å². The zero-order valence-electron chi connectivity index (χ0n) is 13.2. The van der Waals surface area contributed by atoms with E-state index in [2.05, 4.69) is 27.9 Å². The van der Waals surface area contributed by atoms with Gasteiger partial charge in [-0.05, 0) is 51.9 Å². The summed E-state index contributed by atoms with van der Waals surface area (Å²) < 4.78 is 12.6. The Bertz CT molecular complexity index is 493. The number of ether oxygens (including phenoxy) is 2. The van der Waals surface area contributed by atoms with Crippen molar-refractivity contribution in [3.63, 3.8) is 0 Å². The Labute approximate surface area is 135 Å². The number of nitrogens with zero attached hydrogens (tertiary/aromatic N) is 1. The van der Waals surface area contributed by atoms with Crippen LogP contribution in [-0.4, -0.2) is 38.3 Å². The van der Waals surface area contributed by atoms with Gasteiger partial charge in [-0.3, -0.25) is 4.90 Å². The molecular weight excluding hydrogens is 332 g/mol. The average Bonchev–Trinajstić information content (AvgIpc) is 2.80. The molecule has 1 aromatic rings. The molecule has 1 aliphatic heterocycles. The second kappa shape index (κ2) is 6.99. The maximum absolute atomic E-state index is 6.06. The number of likely N-dealkylation sites (tertiary alicyclic amines) is 1. The van der Waals surface area contributed by atoms with Crippen molar-refractivity contribution in [1.29, 1.82) is 0 Å². The molecule has 1 saturated heterocycles. The Morgan fingerprint density at radius 2 is 2.14 bits per heavy atom. The molecule has 2 rings (SSSR count). The lowest BCUT2D eigenvalue weighted by Crippen LogP contribution is -2.21. The van der Waals surface area contributed by atoms with Gasteiger partial charge in [-0.2, -0.15) is 0 Å². The summed E-state index contributed by atoms with van der Waals surface area (Å²) in [6, 6.07) is 4.28. The zero-order chi connectivity index (χ0) is 15.6. The van der Waals surface area contributed by atoms with Gasteiger partial charge in [0.15, 0.2) is 11.5 Å². The van der Waals surface area contributed by atoms with E-state index in [4.69, 9.17) is 15.2 Å². The van der Waals surface area contributed by atoms with Crippen LogP contribution in [0.5, 0.6) is 11.5 Å². The Morgan fingerprint density at radius 1 is 1.43 bits per heavy atom. The average molecular weight is 357 g/mol. The van der Waals surface area contributed by atoms with Crippen LogP contribution in [-0.2, 0) is 0 Å². The van der Waals surface area contributed by atoms with Crippen LogP contribution in [0.3, 0.4) is 0 Å². The summed E-state index contributed by atoms with van der Waals surface area (Å²) in [5.41, 5.74) is 7.02. The molecular formula is C16H25BrN2O2. The topological polar surface area (TPSA) is 47.7 Å². The molecule has 1 fully saturated rings. The smallest absolute Gasteiger partial charge is 0.167 e. The summed E-state index contributed by atoms with van der Waals surface area (Å²) in [7, 11) is 3.83. The standard InChI is InChI=1S/C16H25BrN2O2/c1-10(2)21-16-14(20-4)6-5-12(17)15(16)13-7-11(8-18)9-19(13)3/h5-6,10-11,13H,7-9,18H2,1-4H3. The van der Waals surface area contributed by atoms with Crippen molar-refractivity contribution in [2.45, 2.75) is 32.4 Å². The van der Waals surface area contributed by atoms with Crippen LogP contribution in [0.4, 0.5) is 0 Å². The van der Waals surface area contributed by atoms with E-state index in [-0.39, 0.29) is 6.10 Å². The Balaban J connectivity index is 2.45. The first-order valence-corrected chi connectivity index (χ1v) is 8.20. The monoisotopic (exact) mass is 356 g/mol. The quantitative estimate of drug-likeness (QED) is 0.879. The molecule has 21 heavy (non-hydrogen) atoms. The minimum atomic E-state index is 0.101. The van der Waals surface area contributed by atoms with Crippen LogP contribution >= 0.6 is 15.9 Å². The first-order chi connectivity index (χ1) is 9.97. The Morgan fingerprint density at radius 3 is 2.67 bits per heavy atom. The fourth-order valence-electron chi connectivity index (χ4n) is 3.00. The summed E-state index contributed by atoms with van der Waals surface area (Å²) >= 11 is 3.69. The summed E-state index contributed by atoms with van der Waals surface area (Å²) in [4.78, 5) is 2.35. The van der Waals surface area contributed by atoms with Crippen molar-refractivity contribution in [2.24, 2.45) is 11.7 Å². The van der Waals surface area contributed by atoms with Crippen molar-refractivity contribution >= 4 is 15.9 Å². The number of rotatable bonds is 5. The van der Waals surface area contributed by atoms with E-state index in [1.165, 1.54) is 5.56 Å². The third-order valence-electron chi connectivity index (χ3n) is 3.98. The second-order valence-corrected chi connectivity index (χ2v) is 6.81. The molecule has 2 unspecified atom stereocenters. The maximum Gasteiger partial charge on any atom is 0.167 e. The lowest BCUT2D eigenvalue weighted by molar-refractivity contribution is 0.218. The fourth-order valence-corrected chi connectivity index (χ4v) is 3.57. The molecule has 0 spiro atoms. The van der Waals surface area contributed by atoms with E-state index in [1.54, 1.807) is 7.11 Å². The van der Waals surface area contributed by atoms with E-state index in [0.717, 1.165) is 35.5 Å². The molecule has 0 radical (unpaired) electrons. The number of nitrogens with two attached hydrogens (primary N) is 1. The highest BCUT2D eigenvalue weighted by Gasteiger charge is 2.34. The highest BCUT2D eigenvalue weighted by molar-refractivity contribution is 9.10. The highest BCUT2D eigenvalue weighted by Crippen LogP contribution is 2.46. The van der Waals surface area contributed by atoms with Crippen molar-refractivity contribution in [3.8, 4) is 11.5 Å². The summed E-state index contributed by atoms with van der Waals surface area (Å²) in [5.74, 6) is 2.16. The van der Waals surface area contributed by atoms with Crippen molar-refractivity contribution in [1.82, 2.24) is 4.90 Å². The fraction of sp³-hybridized carbons (Fsp3) is 0.625. The lowest BCUT2D eigenvalue weighted by Gasteiger charge is -2.26. The molecule has 1 heterocycles. The van der Waals surface area contributed by atoms with Gasteiger partial charge in [-0.25, -0.2) is 0 Å². The van der Waals surface area contributed by atoms with Crippen LogP contribution in [0.2, 0.25) is 0 Å². The molecule has 0 aliphatic carbocycles. The first-order valence-electron chi connectivity index (χ1n) is 7.41. The van der Waals surface area contributed by atoms with Gasteiger partial charge >= 0.3 is 0 Å². The van der Waals surface area contributed by atoms with Gasteiger partial charge in [0.05, 0.1) is 13.2 Å².